The highest BCUT2D eigenvalue weighted by molar-refractivity contribution is 5.36. The van der Waals surface area contributed by atoms with Gasteiger partial charge in [0.2, 0.25) is 0 Å². The van der Waals surface area contributed by atoms with Crippen molar-refractivity contribution in [1.29, 1.82) is 0 Å². The van der Waals surface area contributed by atoms with Crippen LogP contribution in [0.1, 0.15) is 58.1 Å². The highest BCUT2D eigenvalue weighted by Gasteiger charge is 2.24. The molecule has 112 valence electrons. The Morgan fingerprint density at radius 2 is 2.20 bits per heavy atom. The molecule has 1 N–H and O–H groups in total. The number of piperidine rings is 1. The van der Waals surface area contributed by atoms with Crippen LogP contribution in [-0.4, -0.2) is 29.5 Å². The van der Waals surface area contributed by atoms with E-state index in [2.05, 4.69) is 54.3 Å². The van der Waals surface area contributed by atoms with Gasteiger partial charge in [-0.05, 0) is 43.4 Å². The van der Waals surface area contributed by atoms with Crippen LogP contribution in [0, 0.1) is 5.92 Å². The van der Waals surface area contributed by atoms with Gasteiger partial charge in [0.25, 0.3) is 0 Å². The molecule has 0 unspecified atom stereocenters. The summed E-state index contributed by atoms with van der Waals surface area (Å²) >= 11 is 0. The minimum Gasteiger partial charge on any atom is -0.370 e. The Balaban J connectivity index is 2.03. The number of likely N-dealkylation sites (tertiary alicyclic amines) is 1. The quantitative estimate of drug-likeness (QED) is 0.847. The van der Waals surface area contributed by atoms with Crippen LogP contribution in [0.3, 0.4) is 0 Å². The Hall–Kier alpha value is -1.09. The van der Waals surface area contributed by atoms with Gasteiger partial charge in [0.05, 0.1) is 0 Å². The molecule has 1 atom stereocenters. The van der Waals surface area contributed by atoms with E-state index in [9.17, 15) is 0 Å². The van der Waals surface area contributed by atoms with Gasteiger partial charge in [-0.15, -0.1) is 0 Å². The number of pyridine rings is 1. The number of rotatable bonds is 6. The van der Waals surface area contributed by atoms with Gasteiger partial charge in [-0.2, -0.15) is 0 Å². The molecule has 1 aromatic heterocycles. The van der Waals surface area contributed by atoms with Gasteiger partial charge >= 0.3 is 0 Å². The number of hydrogen-bond donors (Lipinski definition) is 1. The third-order valence-electron chi connectivity index (χ3n) is 3.94. The predicted molar refractivity (Wildman–Crippen MR) is 86.0 cm³/mol. The SMILES string of the molecule is CCCNc1ccc([C@H]2CCCCN2CC(C)C)cn1. The van der Waals surface area contributed by atoms with Gasteiger partial charge in [0, 0.05) is 25.3 Å². The van der Waals surface area contributed by atoms with Crippen molar-refractivity contribution in [3.8, 4) is 0 Å². The predicted octanol–water partition coefficient (Wildman–Crippen LogP) is 4.09. The third kappa shape index (κ3) is 4.20. The normalized spacial score (nSPS) is 20.3. The average molecular weight is 275 g/mol. The molecule has 0 amide bonds. The number of nitrogens with zero attached hydrogens (tertiary/aromatic N) is 2. The summed E-state index contributed by atoms with van der Waals surface area (Å²) in [6.07, 6.45) is 7.16. The average Bonchev–Trinajstić information content (AvgIpc) is 2.46. The molecule has 0 aliphatic carbocycles. The van der Waals surface area contributed by atoms with Crippen LogP contribution < -0.4 is 5.32 Å². The van der Waals surface area contributed by atoms with Crippen molar-refractivity contribution in [3.05, 3.63) is 23.9 Å². The second-order valence-electron chi connectivity index (χ2n) is 6.30. The monoisotopic (exact) mass is 275 g/mol. The summed E-state index contributed by atoms with van der Waals surface area (Å²) in [5.41, 5.74) is 1.38. The fraction of sp³-hybridized carbons (Fsp3) is 0.706. The maximum atomic E-state index is 4.57. The fourth-order valence-corrected chi connectivity index (χ4v) is 3.02. The van der Waals surface area contributed by atoms with Crippen LogP contribution in [0.15, 0.2) is 18.3 Å². The summed E-state index contributed by atoms with van der Waals surface area (Å²) < 4.78 is 0. The molecule has 3 heteroatoms. The molecule has 3 nitrogen and oxygen atoms in total. The maximum Gasteiger partial charge on any atom is 0.125 e. The standard InChI is InChI=1S/C17H29N3/c1-4-10-18-17-9-8-15(12-19-17)16-7-5-6-11-20(16)13-14(2)3/h8-9,12,14,16H,4-7,10-11,13H2,1-3H3,(H,18,19)/t16-/m1/s1. The lowest BCUT2D eigenvalue weighted by atomic mass is 9.95. The Bertz CT molecular complexity index is 386. The van der Waals surface area contributed by atoms with Gasteiger partial charge in [0.15, 0.2) is 0 Å². The van der Waals surface area contributed by atoms with E-state index >= 15 is 0 Å². The highest BCUT2D eigenvalue weighted by Crippen LogP contribution is 2.31. The summed E-state index contributed by atoms with van der Waals surface area (Å²) in [6, 6.07) is 4.96. The van der Waals surface area contributed by atoms with Crippen LogP contribution in [0.5, 0.6) is 0 Å². The zero-order valence-corrected chi connectivity index (χ0v) is 13.2. The van der Waals surface area contributed by atoms with E-state index in [0.29, 0.717) is 6.04 Å². The highest BCUT2D eigenvalue weighted by atomic mass is 15.2. The van der Waals surface area contributed by atoms with Crippen molar-refractivity contribution >= 4 is 5.82 Å². The van der Waals surface area contributed by atoms with Crippen molar-refractivity contribution in [2.45, 2.75) is 52.5 Å². The Labute approximate surface area is 123 Å². The van der Waals surface area contributed by atoms with E-state index in [0.717, 1.165) is 24.7 Å². The van der Waals surface area contributed by atoms with Gasteiger partial charge in [0.1, 0.15) is 5.82 Å². The number of nitrogens with one attached hydrogen (secondary N) is 1. The molecule has 1 aromatic rings. The maximum absolute atomic E-state index is 4.57. The Kier molecular flexibility index (Phi) is 5.84. The first kappa shape index (κ1) is 15.3. The van der Waals surface area contributed by atoms with E-state index in [1.54, 1.807) is 0 Å². The summed E-state index contributed by atoms with van der Waals surface area (Å²) in [5.74, 6) is 1.73. The first-order chi connectivity index (χ1) is 9.70. The summed E-state index contributed by atoms with van der Waals surface area (Å²) in [5, 5.41) is 3.34. The second-order valence-corrected chi connectivity index (χ2v) is 6.30. The fourth-order valence-electron chi connectivity index (χ4n) is 3.02. The van der Waals surface area contributed by atoms with E-state index in [1.807, 2.05) is 0 Å². The van der Waals surface area contributed by atoms with Crippen LogP contribution in [0.25, 0.3) is 0 Å². The van der Waals surface area contributed by atoms with Gasteiger partial charge < -0.3 is 5.32 Å². The smallest absolute Gasteiger partial charge is 0.125 e. The van der Waals surface area contributed by atoms with Crippen molar-refractivity contribution in [3.63, 3.8) is 0 Å². The molecule has 0 bridgehead atoms. The molecule has 1 aliphatic rings. The molecule has 2 heterocycles. The Morgan fingerprint density at radius 3 is 2.85 bits per heavy atom. The van der Waals surface area contributed by atoms with E-state index in [1.165, 1.54) is 37.9 Å². The molecular weight excluding hydrogens is 246 g/mol. The van der Waals surface area contributed by atoms with Gasteiger partial charge in [-0.25, -0.2) is 4.98 Å². The molecule has 0 radical (unpaired) electrons. The summed E-state index contributed by atoms with van der Waals surface area (Å²) in [4.78, 5) is 7.21. The zero-order chi connectivity index (χ0) is 14.4. The van der Waals surface area contributed by atoms with Crippen molar-refractivity contribution < 1.29 is 0 Å². The van der Waals surface area contributed by atoms with Crippen LogP contribution in [-0.2, 0) is 0 Å². The first-order valence-electron chi connectivity index (χ1n) is 8.14. The minimum atomic E-state index is 0.568. The van der Waals surface area contributed by atoms with Gasteiger partial charge in [-0.3, -0.25) is 4.90 Å². The molecule has 0 aromatic carbocycles. The van der Waals surface area contributed by atoms with Crippen molar-refractivity contribution in [2.24, 2.45) is 5.92 Å². The van der Waals surface area contributed by atoms with Crippen LogP contribution >= 0.6 is 0 Å². The lowest BCUT2D eigenvalue weighted by Gasteiger charge is -2.37. The molecular formula is C17H29N3. The van der Waals surface area contributed by atoms with Crippen molar-refractivity contribution in [2.75, 3.05) is 25.0 Å². The molecule has 2 rings (SSSR count). The Morgan fingerprint density at radius 1 is 1.35 bits per heavy atom. The molecule has 1 aliphatic heterocycles. The summed E-state index contributed by atoms with van der Waals surface area (Å²) in [7, 11) is 0. The van der Waals surface area contributed by atoms with E-state index in [4.69, 9.17) is 0 Å². The van der Waals surface area contributed by atoms with Gasteiger partial charge in [-0.1, -0.05) is 33.3 Å². The largest absolute Gasteiger partial charge is 0.370 e. The lowest BCUT2D eigenvalue weighted by molar-refractivity contribution is 0.132. The molecule has 1 fully saturated rings. The van der Waals surface area contributed by atoms with Crippen molar-refractivity contribution in [1.82, 2.24) is 9.88 Å². The molecule has 0 spiro atoms. The lowest BCUT2D eigenvalue weighted by Crippen LogP contribution is -2.36. The third-order valence-corrected chi connectivity index (χ3v) is 3.94. The molecule has 20 heavy (non-hydrogen) atoms. The van der Waals surface area contributed by atoms with E-state index in [-0.39, 0.29) is 0 Å². The number of aromatic nitrogens is 1. The summed E-state index contributed by atoms with van der Waals surface area (Å²) in [6.45, 7) is 10.2. The number of anilines is 1. The first-order valence-corrected chi connectivity index (χ1v) is 8.14. The number of hydrogen-bond acceptors (Lipinski definition) is 3. The van der Waals surface area contributed by atoms with Crippen LogP contribution in [0.4, 0.5) is 5.82 Å². The second kappa shape index (κ2) is 7.63. The van der Waals surface area contributed by atoms with E-state index < -0.39 is 0 Å². The molecule has 1 saturated heterocycles. The minimum absolute atomic E-state index is 0.568. The topological polar surface area (TPSA) is 28.2 Å². The molecule has 0 saturated carbocycles. The zero-order valence-electron chi connectivity index (χ0n) is 13.2. The van der Waals surface area contributed by atoms with Crippen LogP contribution in [0.2, 0.25) is 0 Å².